The van der Waals surface area contributed by atoms with Gasteiger partial charge in [-0.05, 0) is 36.8 Å². The molecule has 3 unspecified atom stereocenters. The minimum absolute atomic E-state index is 0. The third kappa shape index (κ3) is 3.04. The summed E-state index contributed by atoms with van der Waals surface area (Å²) in [5.74, 6) is 0.603. The van der Waals surface area contributed by atoms with Crippen LogP contribution in [0.4, 0.5) is 5.69 Å². The van der Waals surface area contributed by atoms with E-state index in [1.807, 2.05) is 0 Å². The van der Waals surface area contributed by atoms with Crippen LogP contribution in [0.25, 0.3) is 5.69 Å². The maximum Gasteiger partial charge on any atom is 0.295 e. The molecule has 2 heterocycles. The van der Waals surface area contributed by atoms with Crippen LogP contribution in [0.5, 0.6) is 0 Å². The number of hydrogen-bond donors (Lipinski definition) is 1. The number of carbonyl (C=O) groups is 1. The number of halogens is 1. The van der Waals surface area contributed by atoms with Crippen molar-refractivity contribution < 1.29 is 9.72 Å². The van der Waals surface area contributed by atoms with Crippen molar-refractivity contribution in [3.8, 4) is 5.69 Å². The molecule has 1 aliphatic heterocycles. The first-order valence-electron chi connectivity index (χ1n) is 8.23. The van der Waals surface area contributed by atoms with Gasteiger partial charge in [0, 0.05) is 30.8 Å². The number of carbonyl (C=O) groups excluding carboxylic acids is 1. The summed E-state index contributed by atoms with van der Waals surface area (Å²) in [6.07, 6.45) is 4.73. The van der Waals surface area contributed by atoms with Crippen LogP contribution in [0.3, 0.4) is 0 Å². The number of rotatable bonds is 3. The molecule has 2 aromatic rings. The lowest BCUT2D eigenvalue weighted by Crippen LogP contribution is -2.33. The van der Waals surface area contributed by atoms with Crippen LogP contribution in [0.2, 0.25) is 0 Å². The Morgan fingerprint density at radius 2 is 2.12 bits per heavy atom. The molecule has 3 atom stereocenters. The molecule has 1 saturated carbocycles. The van der Waals surface area contributed by atoms with Crippen molar-refractivity contribution in [1.29, 1.82) is 0 Å². The maximum absolute atomic E-state index is 12.8. The van der Waals surface area contributed by atoms with Gasteiger partial charge in [-0.3, -0.25) is 14.9 Å². The molecule has 0 radical (unpaired) electrons. The molecule has 0 spiro atoms. The van der Waals surface area contributed by atoms with Crippen LogP contribution in [0, 0.1) is 22.0 Å². The van der Waals surface area contributed by atoms with Gasteiger partial charge in [0.2, 0.25) is 0 Å². The summed E-state index contributed by atoms with van der Waals surface area (Å²) in [7, 11) is 0. The summed E-state index contributed by atoms with van der Waals surface area (Å²) in [6.45, 7) is 1.30. The lowest BCUT2D eigenvalue weighted by molar-refractivity contribution is -0.384. The van der Waals surface area contributed by atoms with E-state index in [0.29, 0.717) is 30.5 Å². The Morgan fingerprint density at radius 1 is 1.31 bits per heavy atom. The number of benzene rings is 1. The van der Waals surface area contributed by atoms with E-state index in [1.165, 1.54) is 29.5 Å². The predicted octanol–water partition coefficient (Wildman–Crippen LogP) is 1.41. The number of likely N-dealkylation sites (tertiary alicyclic amines) is 1. The zero-order valence-electron chi connectivity index (χ0n) is 13.9. The molecule has 2 fully saturated rings. The Hall–Kier alpha value is -2.52. The number of nitro groups is 1. The fourth-order valence-corrected chi connectivity index (χ4v) is 3.98. The van der Waals surface area contributed by atoms with E-state index in [4.69, 9.17) is 5.73 Å². The zero-order chi connectivity index (χ0) is 17.6. The van der Waals surface area contributed by atoms with E-state index in [0.717, 1.165) is 12.8 Å². The van der Waals surface area contributed by atoms with Crippen LogP contribution in [-0.4, -0.2) is 49.6 Å². The maximum atomic E-state index is 12.8. The molecule has 4 rings (SSSR count). The van der Waals surface area contributed by atoms with Crippen molar-refractivity contribution in [1.82, 2.24) is 19.7 Å². The minimum Gasteiger partial charge on any atom is -0.338 e. The average Bonchev–Trinajstić information content (AvgIpc) is 3.32. The zero-order valence-corrected chi connectivity index (χ0v) is 14.7. The summed E-state index contributed by atoms with van der Waals surface area (Å²) < 4.78 is 1.31. The van der Waals surface area contributed by atoms with Gasteiger partial charge in [-0.15, -0.1) is 12.4 Å². The van der Waals surface area contributed by atoms with E-state index in [-0.39, 0.29) is 35.7 Å². The largest absolute Gasteiger partial charge is 0.338 e. The van der Waals surface area contributed by atoms with E-state index in [1.54, 1.807) is 11.0 Å². The van der Waals surface area contributed by atoms with E-state index in [9.17, 15) is 14.9 Å². The number of nitro benzene ring substituents is 1. The Morgan fingerprint density at radius 3 is 2.77 bits per heavy atom. The van der Waals surface area contributed by atoms with Gasteiger partial charge in [0.25, 0.3) is 11.6 Å². The van der Waals surface area contributed by atoms with E-state index < -0.39 is 4.92 Å². The highest BCUT2D eigenvalue weighted by Crippen LogP contribution is 2.37. The summed E-state index contributed by atoms with van der Waals surface area (Å²) >= 11 is 0. The molecule has 9 nitrogen and oxygen atoms in total. The molecular weight excluding hydrogens is 360 g/mol. The van der Waals surface area contributed by atoms with Crippen molar-refractivity contribution in [3.63, 3.8) is 0 Å². The molecule has 10 heteroatoms. The first kappa shape index (κ1) is 18.3. The number of hydrogen-bond acceptors (Lipinski definition) is 6. The third-order valence-electron chi connectivity index (χ3n) is 5.28. The van der Waals surface area contributed by atoms with Gasteiger partial charge in [0.1, 0.15) is 18.3 Å². The van der Waals surface area contributed by atoms with E-state index in [2.05, 4.69) is 10.1 Å². The predicted molar refractivity (Wildman–Crippen MR) is 95.4 cm³/mol. The summed E-state index contributed by atoms with van der Waals surface area (Å²) in [5.41, 5.74) is 6.53. The number of fused-ring (bicyclic) bond motifs is 1. The van der Waals surface area contributed by atoms with Gasteiger partial charge in [0.15, 0.2) is 0 Å². The van der Waals surface area contributed by atoms with Crippen molar-refractivity contribution >= 4 is 24.0 Å². The molecule has 26 heavy (non-hydrogen) atoms. The highest BCUT2D eigenvalue weighted by atomic mass is 35.5. The minimum atomic E-state index is -0.511. The van der Waals surface area contributed by atoms with Gasteiger partial charge in [0.05, 0.1) is 4.92 Å². The van der Waals surface area contributed by atoms with Crippen molar-refractivity contribution in [3.05, 3.63) is 46.5 Å². The third-order valence-corrected chi connectivity index (χ3v) is 5.28. The van der Waals surface area contributed by atoms with Crippen LogP contribution < -0.4 is 5.73 Å². The molecule has 2 aliphatic rings. The smallest absolute Gasteiger partial charge is 0.295 e. The van der Waals surface area contributed by atoms with Gasteiger partial charge < -0.3 is 10.6 Å². The molecule has 1 saturated heterocycles. The Balaban J connectivity index is 0.00000196. The van der Waals surface area contributed by atoms with Gasteiger partial charge in [-0.2, -0.15) is 5.10 Å². The first-order valence-corrected chi connectivity index (χ1v) is 8.23. The molecule has 1 aromatic carbocycles. The van der Waals surface area contributed by atoms with Gasteiger partial charge in [-0.25, -0.2) is 9.67 Å². The molecular formula is C16H19ClN6O3. The summed E-state index contributed by atoms with van der Waals surface area (Å²) in [5, 5.41) is 15.3. The lowest BCUT2D eigenvalue weighted by Gasteiger charge is -2.19. The number of aromatic nitrogens is 3. The van der Waals surface area contributed by atoms with Crippen LogP contribution in [0.1, 0.15) is 23.2 Å². The van der Waals surface area contributed by atoms with Crippen molar-refractivity contribution in [2.24, 2.45) is 17.6 Å². The number of amides is 1. The molecule has 1 aromatic heterocycles. The molecule has 0 bridgehead atoms. The second-order valence-electron chi connectivity index (χ2n) is 6.68. The standard InChI is InChI=1S/C16H18N6O3.ClH/c17-13-3-1-11-6-20(7-12(11)13)16(23)10-2-4-14(15(5-10)22(24)25)21-9-18-8-19-21;/h2,4-5,8-9,11-13H,1,3,6-7,17H2;1H. The normalized spacial score (nSPS) is 24.2. The fourth-order valence-electron chi connectivity index (χ4n) is 3.98. The Bertz CT molecular complexity index is 827. The fraction of sp³-hybridized carbons (Fsp3) is 0.438. The Kier molecular flexibility index (Phi) is 4.92. The number of nitrogens with zero attached hydrogens (tertiary/aromatic N) is 5. The van der Waals surface area contributed by atoms with E-state index >= 15 is 0 Å². The van der Waals surface area contributed by atoms with Gasteiger partial charge in [-0.1, -0.05) is 0 Å². The topological polar surface area (TPSA) is 120 Å². The molecule has 2 N–H and O–H groups in total. The molecule has 1 aliphatic carbocycles. The second-order valence-corrected chi connectivity index (χ2v) is 6.68. The molecule has 138 valence electrons. The second kappa shape index (κ2) is 7.00. The summed E-state index contributed by atoms with van der Waals surface area (Å²) in [6, 6.07) is 4.59. The van der Waals surface area contributed by atoms with Crippen molar-refractivity contribution in [2.75, 3.05) is 13.1 Å². The first-order chi connectivity index (χ1) is 12.0. The number of nitrogens with two attached hydrogens (primary N) is 1. The van der Waals surface area contributed by atoms with Crippen LogP contribution in [-0.2, 0) is 0 Å². The SMILES string of the molecule is Cl.NC1CCC2CN(C(=O)c3ccc(-n4cncn4)c([N+](=O)[O-])c3)CC12. The van der Waals surface area contributed by atoms with Crippen LogP contribution in [0.15, 0.2) is 30.9 Å². The highest BCUT2D eigenvalue weighted by molar-refractivity contribution is 5.95. The Labute approximate surface area is 155 Å². The summed E-state index contributed by atoms with van der Waals surface area (Å²) in [4.78, 5) is 29.3. The average molecular weight is 379 g/mol. The lowest BCUT2D eigenvalue weighted by atomic mass is 9.98. The highest BCUT2D eigenvalue weighted by Gasteiger charge is 2.42. The monoisotopic (exact) mass is 378 g/mol. The quantitative estimate of drug-likeness (QED) is 0.636. The van der Waals surface area contributed by atoms with Crippen molar-refractivity contribution in [2.45, 2.75) is 18.9 Å². The van der Waals surface area contributed by atoms with Crippen LogP contribution >= 0.6 is 12.4 Å². The molecule has 1 amide bonds. The van der Waals surface area contributed by atoms with Gasteiger partial charge >= 0.3 is 0 Å².